The number of amides is 2. The summed E-state index contributed by atoms with van der Waals surface area (Å²) in [4.78, 5) is 31.8. The van der Waals surface area contributed by atoms with Crippen molar-refractivity contribution >= 4 is 23.2 Å². The van der Waals surface area contributed by atoms with Crippen molar-refractivity contribution < 1.29 is 28.2 Å². The summed E-state index contributed by atoms with van der Waals surface area (Å²) in [6.07, 6.45) is 2.39. The minimum absolute atomic E-state index is 0.0921. The lowest BCUT2D eigenvalue weighted by atomic mass is 10.00. The van der Waals surface area contributed by atoms with Gasteiger partial charge in [-0.05, 0) is 72.7 Å². The number of thiophene rings is 1. The Hall–Kier alpha value is -3.43. The first-order valence-corrected chi connectivity index (χ1v) is 13.7. The Balaban J connectivity index is 1.35. The Morgan fingerprint density at radius 1 is 1.16 bits per heavy atom. The van der Waals surface area contributed by atoms with Gasteiger partial charge in [0.25, 0.3) is 5.91 Å². The van der Waals surface area contributed by atoms with Gasteiger partial charge >= 0.3 is 0 Å². The Labute approximate surface area is 225 Å². The maximum absolute atomic E-state index is 13.8. The quantitative estimate of drug-likeness (QED) is 0.394. The molecule has 3 heterocycles. The lowest BCUT2D eigenvalue weighted by Crippen LogP contribution is -2.49. The van der Waals surface area contributed by atoms with E-state index in [1.165, 1.54) is 34.0 Å². The van der Waals surface area contributed by atoms with Gasteiger partial charge in [0.1, 0.15) is 30.5 Å². The van der Waals surface area contributed by atoms with Gasteiger partial charge in [-0.3, -0.25) is 9.59 Å². The maximum atomic E-state index is 13.8. The molecule has 7 nitrogen and oxygen atoms in total. The molecule has 0 N–H and O–H groups in total. The summed E-state index contributed by atoms with van der Waals surface area (Å²) in [7, 11) is 1.61. The van der Waals surface area contributed by atoms with Crippen LogP contribution in [0.4, 0.5) is 4.39 Å². The van der Waals surface area contributed by atoms with E-state index in [0.29, 0.717) is 36.8 Å². The fourth-order valence-electron chi connectivity index (χ4n) is 5.02. The van der Waals surface area contributed by atoms with Crippen molar-refractivity contribution in [3.63, 3.8) is 0 Å². The van der Waals surface area contributed by atoms with Gasteiger partial charge in [-0.15, -0.1) is 11.3 Å². The number of hydrogen-bond acceptors (Lipinski definition) is 6. The molecule has 38 heavy (non-hydrogen) atoms. The van der Waals surface area contributed by atoms with Gasteiger partial charge in [0.15, 0.2) is 0 Å². The van der Waals surface area contributed by atoms with Crippen molar-refractivity contribution in [2.24, 2.45) is 0 Å². The summed E-state index contributed by atoms with van der Waals surface area (Å²) in [5.74, 6) is 0.466. The van der Waals surface area contributed by atoms with Crippen LogP contribution >= 0.6 is 11.3 Å². The molecule has 2 aliphatic heterocycles. The van der Waals surface area contributed by atoms with E-state index in [4.69, 9.17) is 14.2 Å². The number of hydrogen-bond donors (Lipinski definition) is 0. The van der Waals surface area contributed by atoms with E-state index in [2.05, 4.69) is 0 Å². The number of ether oxygens (including phenoxy) is 3. The van der Waals surface area contributed by atoms with Crippen LogP contribution in [0.15, 0.2) is 60.0 Å². The number of halogens is 1. The molecule has 0 spiro atoms. The van der Waals surface area contributed by atoms with Crippen molar-refractivity contribution in [3.8, 4) is 11.5 Å². The largest absolute Gasteiger partial charge is 0.497 e. The van der Waals surface area contributed by atoms with Gasteiger partial charge < -0.3 is 24.0 Å². The van der Waals surface area contributed by atoms with Crippen molar-refractivity contribution in [1.82, 2.24) is 9.80 Å². The normalized spacial score (nSPS) is 18.6. The van der Waals surface area contributed by atoms with Crippen molar-refractivity contribution in [2.75, 3.05) is 40.0 Å². The predicted molar refractivity (Wildman–Crippen MR) is 142 cm³/mol. The van der Waals surface area contributed by atoms with E-state index in [1.54, 1.807) is 18.4 Å². The molecule has 3 aromatic rings. The molecule has 0 saturated carbocycles. The highest BCUT2D eigenvalue weighted by molar-refractivity contribution is 7.10. The SMILES string of the molecule is COc1cccc(OC[C@@H]2c3ccsc3CCN2C(=O)CN(C[C@H]2CCCO2)C(=O)c2ccc(F)cc2)c1. The van der Waals surface area contributed by atoms with E-state index in [9.17, 15) is 14.0 Å². The van der Waals surface area contributed by atoms with Gasteiger partial charge in [0.2, 0.25) is 5.91 Å². The molecule has 2 atom stereocenters. The summed E-state index contributed by atoms with van der Waals surface area (Å²) in [6.45, 7) is 1.68. The fourth-order valence-corrected chi connectivity index (χ4v) is 5.95. The summed E-state index contributed by atoms with van der Waals surface area (Å²) in [5, 5.41) is 2.04. The molecule has 0 radical (unpaired) electrons. The monoisotopic (exact) mass is 538 g/mol. The van der Waals surface area contributed by atoms with Gasteiger partial charge in [0, 0.05) is 36.2 Å². The highest BCUT2D eigenvalue weighted by atomic mass is 32.1. The van der Waals surface area contributed by atoms with Crippen molar-refractivity contribution in [2.45, 2.75) is 31.4 Å². The molecule has 200 valence electrons. The molecular formula is C29H31FN2O5S. The first-order chi connectivity index (χ1) is 18.5. The zero-order chi connectivity index (χ0) is 26.5. The van der Waals surface area contributed by atoms with Crippen molar-refractivity contribution in [1.29, 1.82) is 0 Å². The lowest BCUT2D eigenvalue weighted by molar-refractivity contribution is -0.135. The lowest BCUT2D eigenvalue weighted by Gasteiger charge is -2.37. The first-order valence-electron chi connectivity index (χ1n) is 12.8. The van der Waals surface area contributed by atoms with Gasteiger partial charge in [-0.1, -0.05) is 6.07 Å². The molecular weight excluding hydrogens is 507 g/mol. The van der Waals surface area contributed by atoms with Crippen LogP contribution in [0.25, 0.3) is 0 Å². The van der Waals surface area contributed by atoms with Crippen LogP contribution < -0.4 is 9.47 Å². The zero-order valence-electron chi connectivity index (χ0n) is 21.3. The molecule has 5 rings (SSSR count). The average molecular weight is 539 g/mol. The highest BCUT2D eigenvalue weighted by Crippen LogP contribution is 2.34. The molecule has 2 aliphatic rings. The summed E-state index contributed by atoms with van der Waals surface area (Å²) in [6, 6.07) is 14.6. The molecule has 2 amide bonds. The number of fused-ring (bicyclic) bond motifs is 1. The van der Waals surface area contributed by atoms with Crippen LogP contribution in [-0.2, 0) is 16.0 Å². The molecule has 1 saturated heterocycles. The Morgan fingerprint density at radius 2 is 1.97 bits per heavy atom. The number of rotatable bonds is 9. The second-order valence-corrected chi connectivity index (χ2v) is 10.5. The van der Waals surface area contributed by atoms with Crippen LogP contribution in [0, 0.1) is 5.82 Å². The first kappa shape index (κ1) is 26.2. The second kappa shape index (κ2) is 12.0. The maximum Gasteiger partial charge on any atom is 0.254 e. The third-order valence-corrected chi connectivity index (χ3v) is 8.01. The minimum atomic E-state index is -0.415. The summed E-state index contributed by atoms with van der Waals surface area (Å²) >= 11 is 1.68. The molecule has 1 fully saturated rings. The average Bonchev–Trinajstić information content (AvgIpc) is 3.64. The smallest absolute Gasteiger partial charge is 0.254 e. The van der Waals surface area contributed by atoms with E-state index in [1.807, 2.05) is 40.6 Å². The molecule has 0 bridgehead atoms. The van der Waals surface area contributed by atoms with E-state index >= 15 is 0 Å². The standard InChI is InChI=1S/C29H31FN2O5S/c1-35-22-4-2-5-23(16-22)37-19-26-25-12-15-38-27(25)11-13-32(26)28(33)18-31(17-24-6-3-14-36-24)29(34)20-7-9-21(30)10-8-20/h2,4-5,7-10,12,15-16,24,26H,3,6,11,13-14,17-19H2,1H3/t24-,26-/m1/s1. The number of nitrogens with zero attached hydrogens (tertiary/aromatic N) is 2. The fraction of sp³-hybridized carbons (Fsp3) is 0.379. The van der Waals surface area contributed by atoms with Crippen LogP contribution in [0.3, 0.4) is 0 Å². The Bertz CT molecular complexity index is 1260. The topological polar surface area (TPSA) is 68.3 Å². The van der Waals surface area contributed by atoms with Crippen LogP contribution in [0.2, 0.25) is 0 Å². The van der Waals surface area contributed by atoms with Gasteiger partial charge in [0.05, 0.1) is 19.3 Å². The minimum Gasteiger partial charge on any atom is -0.497 e. The molecule has 0 aliphatic carbocycles. The van der Waals surface area contributed by atoms with Crippen LogP contribution in [0.1, 0.15) is 39.7 Å². The molecule has 1 aromatic heterocycles. The van der Waals surface area contributed by atoms with Crippen molar-refractivity contribution in [3.05, 3.63) is 81.8 Å². The second-order valence-electron chi connectivity index (χ2n) is 9.47. The Kier molecular flexibility index (Phi) is 8.24. The highest BCUT2D eigenvalue weighted by Gasteiger charge is 2.34. The zero-order valence-corrected chi connectivity index (χ0v) is 22.1. The third-order valence-electron chi connectivity index (χ3n) is 7.02. The number of benzene rings is 2. The molecule has 2 aromatic carbocycles. The van der Waals surface area contributed by atoms with E-state index < -0.39 is 5.82 Å². The van der Waals surface area contributed by atoms with E-state index in [-0.39, 0.29) is 37.1 Å². The number of carbonyl (C=O) groups is 2. The van der Waals surface area contributed by atoms with Gasteiger partial charge in [-0.2, -0.15) is 0 Å². The summed E-state index contributed by atoms with van der Waals surface area (Å²) in [5.41, 5.74) is 1.42. The Morgan fingerprint density at radius 3 is 2.74 bits per heavy atom. The number of carbonyl (C=O) groups excluding carboxylic acids is 2. The third kappa shape index (κ3) is 6.00. The summed E-state index contributed by atoms with van der Waals surface area (Å²) < 4.78 is 30.7. The van der Waals surface area contributed by atoms with Crippen LogP contribution in [0.5, 0.6) is 11.5 Å². The van der Waals surface area contributed by atoms with E-state index in [0.717, 1.165) is 24.8 Å². The molecule has 0 unspecified atom stereocenters. The molecule has 9 heteroatoms. The van der Waals surface area contributed by atoms with Crippen LogP contribution in [-0.4, -0.2) is 67.7 Å². The number of methoxy groups -OCH3 is 1. The predicted octanol–water partition coefficient (Wildman–Crippen LogP) is 4.72. The van der Waals surface area contributed by atoms with Gasteiger partial charge in [-0.25, -0.2) is 4.39 Å².